The van der Waals surface area contributed by atoms with E-state index in [0.717, 1.165) is 6.07 Å². The Bertz CT molecular complexity index is 434. The summed E-state index contributed by atoms with van der Waals surface area (Å²) in [6, 6.07) is 2.89. The highest BCUT2D eigenvalue weighted by Gasteiger charge is 2.17. The molecule has 0 bridgehead atoms. The van der Waals surface area contributed by atoms with Gasteiger partial charge in [0.2, 0.25) is 0 Å². The molecule has 1 rings (SSSR count). The van der Waals surface area contributed by atoms with E-state index in [-0.39, 0.29) is 11.3 Å². The maximum Gasteiger partial charge on any atom is 0.325 e. The number of benzene rings is 1. The molecule has 0 heterocycles. The molecule has 6 heteroatoms. The van der Waals surface area contributed by atoms with E-state index in [1.165, 1.54) is 19.1 Å². The number of aliphatic carboxylic acids is 1. The highest BCUT2D eigenvalue weighted by atomic mass is 19.1. The van der Waals surface area contributed by atoms with Crippen LogP contribution in [0.5, 0.6) is 0 Å². The van der Waals surface area contributed by atoms with Crippen molar-refractivity contribution in [2.24, 2.45) is 5.73 Å². The zero-order valence-corrected chi connectivity index (χ0v) is 8.53. The van der Waals surface area contributed by atoms with Crippen molar-refractivity contribution in [3.05, 3.63) is 29.6 Å². The Morgan fingerprint density at radius 3 is 2.62 bits per heavy atom. The first-order valence-electron chi connectivity index (χ1n) is 4.51. The van der Waals surface area contributed by atoms with Crippen LogP contribution in [0.3, 0.4) is 0 Å². The van der Waals surface area contributed by atoms with Gasteiger partial charge in [-0.25, -0.2) is 4.39 Å². The average Bonchev–Trinajstić information content (AvgIpc) is 2.16. The summed E-state index contributed by atoms with van der Waals surface area (Å²) in [7, 11) is 0. The van der Waals surface area contributed by atoms with Gasteiger partial charge in [-0.15, -0.1) is 0 Å². The third kappa shape index (κ3) is 2.47. The van der Waals surface area contributed by atoms with E-state index in [1.54, 1.807) is 0 Å². The molecule has 0 spiro atoms. The quantitative estimate of drug-likeness (QED) is 0.708. The van der Waals surface area contributed by atoms with Crippen LogP contribution in [0, 0.1) is 5.82 Å². The summed E-state index contributed by atoms with van der Waals surface area (Å²) in [5, 5.41) is 11.2. The van der Waals surface area contributed by atoms with Crippen molar-refractivity contribution in [2.45, 2.75) is 13.0 Å². The van der Waals surface area contributed by atoms with Gasteiger partial charge in [0.15, 0.2) is 0 Å². The number of anilines is 1. The van der Waals surface area contributed by atoms with E-state index in [0.29, 0.717) is 0 Å². The van der Waals surface area contributed by atoms with Gasteiger partial charge in [-0.3, -0.25) is 9.59 Å². The van der Waals surface area contributed by atoms with E-state index in [4.69, 9.17) is 10.8 Å². The standard InChI is InChI=1S/C10H11FN2O3/c1-5(10(15)16)13-7-4-2-3-6(11)8(7)9(12)14/h2-5,13H,1H3,(H2,12,14)(H,15,16). The summed E-state index contributed by atoms with van der Waals surface area (Å²) in [5.74, 6) is -2.84. The fourth-order valence-electron chi connectivity index (χ4n) is 1.19. The van der Waals surface area contributed by atoms with Crippen LogP contribution in [0.2, 0.25) is 0 Å². The van der Waals surface area contributed by atoms with E-state index in [2.05, 4.69) is 5.32 Å². The summed E-state index contributed by atoms with van der Waals surface area (Å²) >= 11 is 0. The molecule has 0 aromatic heterocycles. The number of halogens is 1. The molecule has 1 aromatic rings. The first-order valence-corrected chi connectivity index (χ1v) is 4.51. The zero-order valence-electron chi connectivity index (χ0n) is 8.53. The van der Waals surface area contributed by atoms with Crippen molar-refractivity contribution < 1.29 is 19.1 Å². The van der Waals surface area contributed by atoms with Gasteiger partial charge in [-0.2, -0.15) is 0 Å². The number of amides is 1. The van der Waals surface area contributed by atoms with Gasteiger partial charge in [0.1, 0.15) is 11.9 Å². The van der Waals surface area contributed by atoms with Gasteiger partial charge in [0, 0.05) is 0 Å². The number of hydrogen-bond donors (Lipinski definition) is 3. The fourth-order valence-corrected chi connectivity index (χ4v) is 1.19. The number of carboxylic acid groups (broad SMARTS) is 1. The Labute approximate surface area is 91.1 Å². The third-order valence-electron chi connectivity index (χ3n) is 2.00. The molecule has 0 aliphatic rings. The normalized spacial score (nSPS) is 11.9. The van der Waals surface area contributed by atoms with Crippen LogP contribution in [0.1, 0.15) is 17.3 Å². The van der Waals surface area contributed by atoms with Crippen molar-refractivity contribution in [2.75, 3.05) is 5.32 Å². The molecule has 1 unspecified atom stereocenters. The van der Waals surface area contributed by atoms with Crippen molar-refractivity contribution in [1.29, 1.82) is 0 Å². The zero-order chi connectivity index (χ0) is 12.3. The van der Waals surface area contributed by atoms with E-state index in [9.17, 15) is 14.0 Å². The van der Waals surface area contributed by atoms with Gasteiger partial charge in [0.25, 0.3) is 5.91 Å². The summed E-state index contributed by atoms with van der Waals surface area (Å²) in [6.45, 7) is 1.37. The molecule has 0 saturated carbocycles. The monoisotopic (exact) mass is 226 g/mol. The average molecular weight is 226 g/mol. The lowest BCUT2D eigenvalue weighted by Gasteiger charge is -2.13. The minimum atomic E-state index is -1.11. The third-order valence-corrected chi connectivity index (χ3v) is 2.00. The smallest absolute Gasteiger partial charge is 0.325 e. The second kappa shape index (κ2) is 4.61. The van der Waals surface area contributed by atoms with Gasteiger partial charge in [-0.05, 0) is 19.1 Å². The molecule has 1 amide bonds. The van der Waals surface area contributed by atoms with Gasteiger partial charge in [-0.1, -0.05) is 6.07 Å². The Balaban J connectivity index is 3.09. The Kier molecular flexibility index (Phi) is 3.44. The van der Waals surface area contributed by atoms with Crippen LogP contribution in [-0.2, 0) is 4.79 Å². The van der Waals surface area contributed by atoms with Crippen molar-refractivity contribution in [3.63, 3.8) is 0 Å². The predicted octanol–water partition coefficient (Wildman–Crippen LogP) is 0.810. The maximum atomic E-state index is 13.3. The van der Waals surface area contributed by atoms with Gasteiger partial charge < -0.3 is 16.2 Å². The lowest BCUT2D eigenvalue weighted by molar-refractivity contribution is -0.137. The topological polar surface area (TPSA) is 92.4 Å². The van der Waals surface area contributed by atoms with Gasteiger partial charge in [0.05, 0.1) is 11.3 Å². The highest BCUT2D eigenvalue weighted by molar-refractivity contribution is 5.99. The second-order valence-corrected chi connectivity index (χ2v) is 3.23. The van der Waals surface area contributed by atoms with Crippen molar-refractivity contribution in [1.82, 2.24) is 0 Å². The first-order chi connectivity index (χ1) is 7.43. The molecule has 0 radical (unpaired) electrons. The fraction of sp³-hybridized carbons (Fsp3) is 0.200. The highest BCUT2D eigenvalue weighted by Crippen LogP contribution is 2.19. The van der Waals surface area contributed by atoms with Crippen molar-refractivity contribution >= 4 is 17.6 Å². The van der Waals surface area contributed by atoms with Crippen LogP contribution in [0.25, 0.3) is 0 Å². The lowest BCUT2D eigenvalue weighted by atomic mass is 10.1. The van der Waals surface area contributed by atoms with E-state index >= 15 is 0 Å². The van der Waals surface area contributed by atoms with Crippen molar-refractivity contribution in [3.8, 4) is 0 Å². The van der Waals surface area contributed by atoms with Crippen LogP contribution in [0.4, 0.5) is 10.1 Å². The molecule has 0 saturated heterocycles. The predicted molar refractivity (Wildman–Crippen MR) is 55.6 cm³/mol. The number of nitrogens with two attached hydrogens (primary N) is 1. The summed E-state index contributed by atoms with van der Waals surface area (Å²) < 4.78 is 13.3. The maximum absolute atomic E-state index is 13.3. The van der Waals surface area contributed by atoms with Gasteiger partial charge >= 0.3 is 5.97 Å². The molecule has 1 atom stereocenters. The van der Waals surface area contributed by atoms with Crippen LogP contribution < -0.4 is 11.1 Å². The number of carboxylic acids is 1. The summed E-state index contributed by atoms with van der Waals surface area (Å²) in [4.78, 5) is 21.6. The molecular weight excluding hydrogens is 215 g/mol. The Morgan fingerprint density at radius 2 is 2.12 bits per heavy atom. The summed E-state index contributed by atoms with van der Waals surface area (Å²) in [6.07, 6.45) is 0. The second-order valence-electron chi connectivity index (χ2n) is 3.23. The van der Waals surface area contributed by atoms with E-state index in [1.807, 2.05) is 0 Å². The summed E-state index contributed by atoms with van der Waals surface area (Å²) in [5.41, 5.74) is 4.74. The SMILES string of the molecule is CC(Nc1cccc(F)c1C(N)=O)C(=O)O. The Hall–Kier alpha value is -2.11. The molecule has 5 nitrogen and oxygen atoms in total. The number of carbonyl (C=O) groups excluding carboxylic acids is 1. The number of nitrogens with one attached hydrogen (secondary N) is 1. The number of carbonyl (C=O) groups is 2. The number of hydrogen-bond acceptors (Lipinski definition) is 3. The molecule has 86 valence electrons. The number of primary amides is 1. The lowest BCUT2D eigenvalue weighted by Crippen LogP contribution is -2.27. The molecule has 0 aliphatic carbocycles. The van der Waals surface area contributed by atoms with Crippen LogP contribution >= 0.6 is 0 Å². The molecule has 4 N–H and O–H groups in total. The number of rotatable bonds is 4. The minimum absolute atomic E-state index is 0.0717. The Morgan fingerprint density at radius 1 is 1.50 bits per heavy atom. The van der Waals surface area contributed by atoms with Crippen LogP contribution in [0.15, 0.2) is 18.2 Å². The van der Waals surface area contributed by atoms with Crippen LogP contribution in [-0.4, -0.2) is 23.0 Å². The molecule has 1 aromatic carbocycles. The molecule has 0 fully saturated rings. The molecular formula is C10H11FN2O3. The van der Waals surface area contributed by atoms with E-state index < -0.39 is 23.7 Å². The largest absolute Gasteiger partial charge is 0.480 e. The molecule has 0 aliphatic heterocycles. The molecule has 16 heavy (non-hydrogen) atoms. The minimum Gasteiger partial charge on any atom is -0.480 e. The first kappa shape index (κ1) is 12.0.